The minimum absolute atomic E-state index is 0.0348. The molecule has 2 amide bonds. The maximum Gasteiger partial charge on any atom is 0.325 e. The summed E-state index contributed by atoms with van der Waals surface area (Å²) in [5.41, 5.74) is 2.60. The first-order valence-corrected chi connectivity index (χ1v) is 10.3. The van der Waals surface area contributed by atoms with Crippen LogP contribution in [-0.2, 0) is 16.4 Å². The number of carbonyl (C=O) groups excluding carboxylic acids is 1. The van der Waals surface area contributed by atoms with Crippen molar-refractivity contribution >= 4 is 21.6 Å². The fraction of sp³-hybridized carbons (Fsp3) is 0.316. The van der Waals surface area contributed by atoms with E-state index < -0.39 is 21.7 Å². The van der Waals surface area contributed by atoms with E-state index in [1.54, 1.807) is 4.90 Å². The molecule has 2 saturated heterocycles. The Hall–Kier alpha value is -2.41. The lowest BCUT2D eigenvalue weighted by molar-refractivity contribution is 0.206. The van der Waals surface area contributed by atoms with E-state index in [1.165, 1.54) is 29.2 Å². The van der Waals surface area contributed by atoms with Crippen LogP contribution in [0.25, 0.3) is 0 Å². The number of hydrogen-bond acceptors (Lipinski definition) is 3. The zero-order valence-electron chi connectivity index (χ0n) is 14.3. The van der Waals surface area contributed by atoms with Gasteiger partial charge in [-0.3, -0.25) is 4.90 Å². The van der Waals surface area contributed by atoms with Gasteiger partial charge in [0.2, 0.25) is 0 Å². The molecule has 2 aromatic carbocycles. The number of rotatable bonds is 3. The maximum absolute atomic E-state index is 13.2. The van der Waals surface area contributed by atoms with E-state index >= 15 is 0 Å². The van der Waals surface area contributed by atoms with Gasteiger partial charge in [-0.05, 0) is 36.8 Å². The average molecular weight is 374 g/mol. The van der Waals surface area contributed by atoms with E-state index in [1.807, 2.05) is 31.2 Å². The fourth-order valence-electron chi connectivity index (χ4n) is 3.76. The van der Waals surface area contributed by atoms with Gasteiger partial charge in [-0.2, -0.15) is 0 Å². The SMILES string of the molecule is Cc1ccc(CN2C(=O)N(c3ccc(F)cc3)C3CS(=O)(=O)CC32)cc1. The number of sulfone groups is 1. The summed E-state index contributed by atoms with van der Waals surface area (Å²) in [6.45, 7) is 2.34. The Kier molecular flexibility index (Phi) is 3.99. The van der Waals surface area contributed by atoms with E-state index in [4.69, 9.17) is 0 Å². The summed E-state index contributed by atoms with van der Waals surface area (Å²) >= 11 is 0. The van der Waals surface area contributed by atoms with Gasteiger partial charge in [0.1, 0.15) is 5.82 Å². The zero-order valence-corrected chi connectivity index (χ0v) is 15.1. The number of hydrogen-bond donors (Lipinski definition) is 0. The van der Waals surface area contributed by atoms with Gasteiger partial charge < -0.3 is 4.90 Å². The standard InChI is InChI=1S/C19H19FN2O3S/c1-13-2-4-14(5-3-13)10-21-17-11-26(24,25)12-18(17)22(19(21)23)16-8-6-15(20)7-9-16/h2-9,17-18H,10-12H2,1H3. The van der Waals surface area contributed by atoms with Gasteiger partial charge in [0, 0.05) is 12.2 Å². The van der Waals surface area contributed by atoms with Gasteiger partial charge in [-0.1, -0.05) is 29.8 Å². The zero-order chi connectivity index (χ0) is 18.5. The topological polar surface area (TPSA) is 57.7 Å². The minimum Gasteiger partial charge on any atom is -0.314 e. The number of fused-ring (bicyclic) bond motifs is 1. The number of urea groups is 1. The van der Waals surface area contributed by atoms with Gasteiger partial charge in [-0.25, -0.2) is 17.6 Å². The Morgan fingerprint density at radius 1 is 1.00 bits per heavy atom. The molecule has 2 unspecified atom stereocenters. The molecule has 0 spiro atoms. The Morgan fingerprint density at radius 3 is 2.27 bits per heavy atom. The van der Waals surface area contributed by atoms with E-state index in [0.717, 1.165) is 11.1 Å². The molecule has 0 saturated carbocycles. The molecular weight excluding hydrogens is 355 g/mol. The highest BCUT2D eigenvalue weighted by Crippen LogP contribution is 2.35. The molecule has 7 heteroatoms. The highest BCUT2D eigenvalue weighted by Gasteiger charge is 2.53. The monoisotopic (exact) mass is 374 g/mol. The second-order valence-electron chi connectivity index (χ2n) is 6.95. The molecule has 0 radical (unpaired) electrons. The van der Waals surface area contributed by atoms with Gasteiger partial charge in [0.25, 0.3) is 0 Å². The molecule has 26 heavy (non-hydrogen) atoms. The van der Waals surface area contributed by atoms with Crippen LogP contribution in [0.4, 0.5) is 14.9 Å². The summed E-state index contributed by atoms with van der Waals surface area (Å²) in [5.74, 6) is -0.495. The second-order valence-corrected chi connectivity index (χ2v) is 9.11. The number of halogens is 1. The van der Waals surface area contributed by atoms with E-state index in [0.29, 0.717) is 12.2 Å². The summed E-state index contributed by atoms with van der Waals surface area (Å²) < 4.78 is 37.6. The van der Waals surface area contributed by atoms with Crippen molar-refractivity contribution in [3.63, 3.8) is 0 Å². The Morgan fingerprint density at radius 2 is 1.62 bits per heavy atom. The highest BCUT2D eigenvalue weighted by atomic mass is 32.2. The van der Waals surface area contributed by atoms with E-state index in [9.17, 15) is 17.6 Å². The Labute approximate surface area is 152 Å². The molecule has 2 aliphatic heterocycles. The molecule has 2 atom stereocenters. The third kappa shape index (κ3) is 2.96. The fourth-order valence-corrected chi connectivity index (χ4v) is 5.71. The molecule has 136 valence electrons. The van der Waals surface area contributed by atoms with Crippen molar-refractivity contribution in [2.45, 2.75) is 25.6 Å². The average Bonchev–Trinajstić information content (AvgIpc) is 3.02. The van der Waals surface area contributed by atoms with Crippen LogP contribution in [0.1, 0.15) is 11.1 Å². The van der Waals surface area contributed by atoms with Crippen molar-refractivity contribution in [2.24, 2.45) is 0 Å². The van der Waals surface area contributed by atoms with Gasteiger partial charge in [0.15, 0.2) is 9.84 Å². The molecule has 0 bridgehead atoms. The molecule has 4 rings (SSSR count). The predicted molar refractivity (Wildman–Crippen MR) is 97.2 cm³/mol. The van der Waals surface area contributed by atoms with Crippen molar-refractivity contribution in [3.05, 3.63) is 65.5 Å². The molecule has 2 fully saturated rings. The summed E-state index contributed by atoms with van der Waals surface area (Å²) in [6.07, 6.45) is 0. The van der Waals surface area contributed by atoms with Crippen LogP contribution in [0.3, 0.4) is 0 Å². The van der Waals surface area contributed by atoms with Crippen molar-refractivity contribution in [2.75, 3.05) is 16.4 Å². The Bertz CT molecular complexity index is 942. The van der Waals surface area contributed by atoms with Crippen molar-refractivity contribution in [1.82, 2.24) is 4.90 Å². The van der Waals surface area contributed by atoms with Crippen LogP contribution in [0.15, 0.2) is 48.5 Å². The van der Waals surface area contributed by atoms with Crippen LogP contribution >= 0.6 is 0 Å². The summed E-state index contributed by atoms with van der Waals surface area (Å²) in [4.78, 5) is 16.2. The number of carbonyl (C=O) groups is 1. The number of amides is 2. The first-order chi connectivity index (χ1) is 12.3. The quantitative estimate of drug-likeness (QED) is 0.777. The number of nitrogens with zero attached hydrogens (tertiary/aromatic N) is 2. The molecule has 2 heterocycles. The number of benzene rings is 2. The van der Waals surface area contributed by atoms with Crippen LogP contribution in [0.2, 0.25) is 0 Å². The molecule has 2 aromatic rings. The first kappa shape index (κ1) is 17.0. The lowest BCUT2D eigenvalue weighted by Gasteiger charge is -2.22. The largest absolute Gasteiger partial charge is 0.325 e. The number of aryl methyl sites for hydroxylation is 1. The van der Waals surface area contributed by atoms with Crippen molar-refractivity contribution in [3.8, 4) is 0 Å². The Balaban J connectivity index is 1.69. The first-order valence-electron chi connectivity index (χ1n) is 8.45. The molecule has 2 aliphatic rings. The summed E-state index contributed by atoms with van der Waals surface area (Å²) in [7, 11) is -3.22. The van der Waals surface area contributed by atoms with Crippen LogP contribution in [0, 0.1) is 12.7 Å². The molecule has 5 nitrogen and oxygen atoms in total. The third-order valence-electron chi connectivity index (χ3n) is 5.06. The summed E-state index contributed by atoms with van der Waals surface area (Å²) in [5, 5.41) is 0. The van der Waals surface area contributed by atoms with Crippen molar-refractivity contribution < 1.29 is 17.6 Å². The third-order valence-corrected chi connectivity index (χ3v) is 6.75. The normalized spacial score (nSPS) is 24.2. The van der Waals surface area contributed by atoms with Crippen LogP contribution in [0.5, 0.6) is 0 Å². The predicted octanol–water partition coefficient (Wildman–Crippen LogP) is 2.74. The lowest BCUT2D eigenvalue weighted by atomic mass is 10.1. The molecular formula is C19H19FN2O3S. The molecule has 0 aromatic heterocycles. The van der Waals surface area contributed by atoms with Crippen LogP contribution in [-0.4, -0.2) is 42.9 Å². The molecule has 0 aliphatic carbocycles. The van der Waals surface area contributed by atoms with E-state index in [-0.39, 0.29) is 23.6 Å². The van der Waals surface area contributed by atoms with Gasteiger partial charge in [0.05, 0.1) is 23.6 Å². The van der Waals surface area contributed by atoms with Crippen LogP contribution < -0.4 is 4.90 Å². The maximum atomic E-state index is 13.2. The summed E-state index contributed by atoms with van der Waals surface area (Å²) in [6, 6.07) is 12.4. The van der Waals surface area contributed by atoms with Gasteiger partial charge >= 0.3 is 6.03 Å². The van der Waals surface area contributed by atoms with E-state index in [2.05, 4.69) is 0 Å². The molecule has 0 N–H and O–H groups in total. The minimum atomic E-state index is -3.22. The highest BCUT2D eigenvalue weighted by molar-refractivity contribution is 7.91. The van der Waals surface area contributed by atoms with Gasteiger partial charge in [-0.15, -0.1) is 0 Å². The lowest BCUT2D eigenvalue weighted by Crippen LogP contribution is -2.37. The number of anilines is 1. The second kappa shape index (κ2) is 6.09. The van der Waals surface area contributed by atoms with Crippen molar-refractivity contribution in [1.29, 1.82) is 0 Å². The smallest absolute Gasteiger partial charge is 0.314 e.